The van der Waals surface area contributed by atoms with Crippen LogP contribution in [0.1, 0.15) is 103 Å². The van der Waals surface area contributed by atoms with Crippen molar-refractivity contribution in [2.24, 2.45) is 0 Å². The molecule has 0 saturated heterocycles. The van der Waals surface area contributed by atoms with Crippen LogP contribution in [0.3, 0.4) is 0 Å². The Morgan fingerprint density at radius 3 is 1.19 bits per heavy atom. The van der Waals surface area contributed by atoms with Crippen LogP contribution in [-0.4, -0.2) is 36.2 Å². The van der Waals surface area contributed by atoms with Gasteiger partial charge in [-0.3, -0.25) is 4.79 Å². The monoisotopic (exact) mass is 802 g/mol. The van der Waals surface area contributed by atoms with Crippen molar-refractivity contribution in [3.63, 3.8) is 0 Å². The second-order valence-corrected chi connectivity index (χ2v) is 17.4. The molecule has 9 nitrogen and oxygen atoms in total. The van der Waals surface area contributed by atoms with E-state index in [0.717, 1.165) is 61.2 Å². The number of nitrogens with zero attached hydrogens (tertiary/aromatic N) is 8. The van der Waals surface area contributed by atoms with E-state index in [1.54, 1.807) is 12.1 Å². The Hall–Kier alpha value is -5.47. The van der Waals surface area contributed by atoms with Crippen LogP contribution in [0.2, 0.25) is 0 Å². The summed E-state index contributed by atoms with van der Waals surface area (Å²) in [5.41, 5.74) is 8.86. The van der Waals surface area contributed by atoms with Gasteiger partial charge in [0.1, 0.15) is 6.29 Å². The number of aldehydes is 1. The average molecular weight is 804 g/mol. The molecule has 0 amide bonds. The predicted octanol–water partition coefficient (Wildman–Crippen LogP) is 10.9. The number of hydrogen-bond donors (Lipinski definition) is 0. The summed E-state index contributed by atoms with van der Waals surface area (Å²) in [5.74, 6) is 1.92. The second kappa shape index (κ2) is 14.2. The Morgan fingerprint density at radius 1 is 0.421 bits per heavy atom. The molecule has 2 aliphatic rings. The summed E-state index contributed by atoms with van der Waals surface area (Å²) >= 11 is 0. The average Bonchev–Trinajstić information content (AvgIpc) is 3.89. The number of fused-ring (bicyclic) bond motifs is 20. The standard InChI is InChI=1S/C45H41N8O.C2H6.Zn/c1-43(2,3)24-11-15-28-32(19-24)40-48-35-27-14-10-23(22-54)18-31(27)39(47-35)53-42-34-21-26(45(7,8)9)13-17-30(34)38(52-42)51-41-33-20-25(44(4,5)6)12-16-29(33)37(50-41)46-36(28)49-40;1-2;/h10-22H,1-9H3,(H-,46,47,48,49,50,51,52,53,54);1-2H3;/q-1;;+2/p-1. The van der Waals surface area contributed by atoms with Crippen molar-refractivity contribution in [1.82, 2.24) is 39.9 Å². The Labute approximate surface area is 346 Å². The van der Waals surface area contributed by atoms with Crippen LogP contribution in [-0.2, 0) is 35.7 Å². The van der Waals surface area contributed by atoms with Crippen LogP contribution in [0.25, 0.3) is 89.7 Å². The van der Waals surface area contributed by atoms with E-state index in [9.17, 15) is 4.79 Å². The van der Waals surface area contributed by atoms with Gasteiger partial charge in [-0.05, 0) is 78.7 Å². The Bertz CT molecular complexity index is 2920. The van der Waals surface area contributed by atoms with Crippen LogP contribution in [0.5, 0.6) is 0 Å². The first kappa shape index (κ1) is 39.8. The molecule has 7 aromatic rings. The zero-order chi connectivity index (χ0) is 39.9. The number of aromatic nitrogens is 8. The summed E-state index contributed by atoms with van der Waals surface area (Å²) in [6, 6.07) is 24.5. The quantitative estimate of drug-likeness (QED) is 0.118. The minimum atomic E-state index is -0.116. The van der Waals surface area contributed by atoms with Gasteiger partial charge in [0, 0.05) is 50.4 Å². The molecule has 282 valence electrons. The summed E-state index contributed by atoms with van der Waals surface area (Å²) in [6.07, 6.45) is 0.829. The Balaban J connectivity index is 0.00000163. The second-order valence-electron chi connectivity index (χ2n) is 17.4. The number of carbonyl (C=O) groups excluding carboxylic acids is 1. The summed E-state index contributed by atoms with van der Waals surface area (Å²) in [7, 11) is 0. The summed E-state index contributed by atoms with van der Waals surface area (Å²) in [4.78, 5) is 52.8. The summed E-state index contributed by atoms with van der Waals surface area (Å²) in [5, 5.41) is 3.43. The fourth-order valence-electron chi connectivity index (χ4n) is 7.15. The van der Waals surface area contributed by atoms with Crippen molar-refractivity contribution in [3.05, 3.63) is 95.1 Å². The van der Waals surface area contributed by atoms with Gasteiger partial charge in [0.25, 0.3) is 0 Å². The van der Waals surface area contributed by atoms with Crippen molar-refractivity contribution in [2.45, 2.75) is 92.4 Å². The molecule has 3 aromatic heterocycles. The maximum Gasteiger partial charge on any atom is 2.00 e. The van der Waals surface area contributed by atoms with Crippen LogP contribution >= 0.6 is 0 Å². The third-order valence-corrected chi connectivity index (χ3v) is 10.5. The van der Waals surface area contributed by atoms with E-state index in [1.807, 2.05) is 19.9 Å². The molecule has 0 N–H and O–H groups in total. The van der Waals surface area contributed by atoms with Crippen molar-refractivity contribution >= 4 is 50.4 Å². The number of rotatable bonds is 1. The van der Waals surface area contributed by atoms with Crippen molar-refractivity contribution < 1.29 is 24.3 Å². The molecule has 0 spiro atoms. The van der Waals surface area contributed by atoms with Gasteiger partial charge in [0.2, 0.25) is 0 Å². The molecule has 0 fully saturated rings. The minimum absolute atomic E-state index is 0. The number of hydrogen-bond acceptors (Lipinski definition) is 7. The van der Waals surface area contributed by atoms with E-state index in [2.05, 4.69) is 117 Å². The molecule has 8 bridgehead atoms. The minimum Gasteiger partial charge on any atom is -0.357 e. The van der Waals surface area contributed by atoms with Gasteiger partial charge in [-0.1, -0.05) is 125 Å². The molecule has 2 aliphatic heterocycles. The van der Waals surface area contributed by atoms with Gasteiger partial charge in [0.05, 0.1) is 23.3 Å². The topological polar surface area (TPSA) is 123 Å². The van der Waals surface area contributed by atoms with E-state index in [4.69, 9.17) is 39.9 Å². The first-order chi connectivity index (χ1) is 26.5. The largest absolute Gasteiger partial charge is 2.00 e. The van der Waals surface area contributed by atoms with E-state index < -0.39 is 0 Å². The van der Waals surface area contributed by atoms with Gasteiger partial charge in [-0.2, -0.15) is 0 Å². The van der Waals surface area contributed by atoms with Crippen molar-refractivity contribution in [1.29, 1.82) is 0 Å². The smallest absolute Gasteiger partial charge is 0.357 e. The molecule has 0 radical (unpaired) electrons. The van der Waals surface area contributed by atoms with Crippen LogP contribution in [0.4, 0.5) is 0 Å². The SMILES string of the molecule is CC.CC(C)(C)c1ccc2c(c1)-c1nc-2nc2[n-]c(nc3nc(nc4[n-]c(n1)c1ccc(C(C)(C)C)cc41)-c1cc(C=O)ccc1-3)c1cc(C(C)(C)C)ccc21.[Zn+2]. The molecule has 0 unspecified atom stereocenters. The third kappa shape index (κ3) is 6.99. The molecule has 4 aromatic carbocycles. The molecule has 5 heterocycles. The predicted molar refractivity (Wildman–Crippen MR) is 227 cm³/mol. The van der Waals surface area contributed by atoms with Gasteiger partial charge in [-0.25, -0.2) is 9.97 Å². The molecule has 9 rings (SSSR count). The van der Waals surface area contributed by atoms with E-state index in [1.165, 1.54) is 0 Å². The van der Waals surface area contributed by atoms with Crippen molar-refractivity contribution in [2.75, 3.05) is 0 Å². The van der Waals surface area contributed by atoms with E-state index >= 15 is 0 Å². The van der Waals surface area contributed by atoms with E-state index in [-0.39, 0.29) is 35.7 Å². The van der Waals surface area contributed by atoms with E-state index in [0.29, 0.717) is 57.0 Å². The normalized spacial score (nSPS) is 12.4. The maximum absolute atomic E-state index is 12.0. The summed E-state index contributed by atoms with van der Waals surface area (Å²) < 4.78 is 0. The van der Waals surface area contributed by atoms with Crippen molar-refractivity contribution in [3.8, 4) is 45.6 Å². The zero-order valence-corrected chi connectivity index (χ0v) is 37.7. The molecule has 0 saturated carbocycles. The Morgan fingerprint density at radius 2 is 0.772 bits per heavy atom. The van der Waals surface area contributed by atoms with Gasteiger partial charge in [-0.15, -0.1) is 0 Å². The van der Waals surface area contributed by atoms with Crippen LogP contribution in [0.15, 0.2) is 72.8 Å². The molecular weight excluding hydrogens is 758 g/mol. The molecule has 57 heavy (non-hydrogen) atoms. The van der Waals surface area contributed by atoms with Crippen LogP contribution in [0, 0.1) is 0 Å². The number of carbonyl (C=O) groups is 1. The van der Waals surface area contributed by atoms with Gasteiger partial charge >= 0.3 is 19.5 Å². The van der Waals surface area contributed by atoms with Gasteiger partial charge in [0.15, 0.2) is 0 Å². The zero-order valence-electron chi connectivity index (χ0n) is 34.7. The van der Waals surface area contributed by atoms with Crippen LogP contribution < -0.4 is 9.97 Å². The Kier molecular flexibility index (Phi) is 9.88. The fraction of sp³-hybridized carbons (Fsp3) is 0.298. The number of benzene rings is 4. The molecule has 0 aliphatic carbocycles. The third-order valence-electron chi connectivity index (χ3n) is 10.5. The molecular formula is C47H46N8OZn. The first-order valence-electron chi connectivity index (χ1n) is 19.3. The molecule has 10 heteroatoms. The fourth-order valence-corrected chi connectivity index (χ4v) is 7.15. The summed E-state index contributed by atoms with van der Waals surface area (Å²) in [6.45, 7) is 23.7. The van der Waals surface area contributed by atoms with Gasteiger partial charge < -0.3 is 29.9 Å². The first-order valence-corrected chi connectivity index (χ1v) is 19.3. The maximum atomic E-state index is 12.0. The molecule has 0 atom stereocenters.